The van der Waals surface area contributed by atoms with E-state index in [1.807, 2.05) is 0 Å². The Morgan fingerprint density at radius 1 is 1.31 bits per heavy atom. The number of nitrogens with one attached hydrogen (secondary N) is 2. The summed E-state index contributed by atoms with van der Waals surface area (Å²) in [6, 6.07) is 6.43. The number of hydrogen-bond donors (Lipinski definition) is 2. The van der Waals surface area contributed by atoms with Gasteiger partial charge in [-0.3, -0.25) is 0 Å². The van der Waals surface area contributed by atoms with Crippen LogP contribution in [0.5, 0.6) is 0 Å². The van der Waals surface area contributed by atoms with E-state index in [4.69, 9.17) is 0 Å². The number of aryl methyl sites for hydroxylation is 1. The Labute approximate surface area is 78.3 Å². The second-order valence-corrected chi connectivity index (χ2v) is 4.26. The molecule has 2 aliphatic rings. The van der Waals surface area contributed by atoms with Gasteiger partial charge in [-0.2, -0.15) is 0 Å². The van der Waals surface area contributed by atoms with E-state index in [9.17, 15) is 0 Å². The van der Waals surface area contributed by atoms with Gasteiger partial charge in [0.15, 0.2) is 0 Å². The third-order valence-electron chi connectivity index (χ3n) is 3.13. The Hall–Kier alpha value is -1.18. The zero-order valence-corrected chi connectivity index (χ0v) is 7.85. The lowest BCUT2D eigenvalue weighted by Gasteiger charge is -2.29. The highest BCUT2D eigenvalue weighted by atomic mass is 15.1. The zero-order valence-electron chi connectivity index (χ0n) is 7.85. The first-order chi connectivity index (χ1) is 6.29. The van der Waals surface area contributed by atoms with Crippen LogP contribution in [-0.4, -0.2) is 12.1 Å². The van der Waals surface area contributed by atoms with Crippen LogP contribution >= 0.6 is 0 Å². The van der Waals surface area contributed by atoms with Crippen molar-refractivity contribution in [1.82, 2.24) is 0 Å². The average Bonchev–Trinajstić information content (AvgIpc) is 2.85. The molecule has 2 nitrogen and oxygen atoms in total. The molecule has 13 heavy (non-hydrogen) atoms. The summed E-state index contributed by atoms with van der Waals surface area (Å²) in [5.74, 6) is 0. The van der Waals surface area contributed by atoms with E-state index >= 15 is 0 Å². The van der Waals surface area contributed by atoms with Crippen molar-refractivity contribution in [3.05, 3.63) is 23.8 Å². The molecule has 1 saturated carbocycles. The minimum absolute atomic E-state index is 0.404. The van der Waals surface area contributed by atoms with Crippen molar-refractivity contribution in [3.63, 3.8) is 0 Å². The Morgan fingerprint density at radius 2 is 2.15 bits per heavy atom. The number of rotatable bonds is 0. The Kier molecular flexibility index (Phi) is 1.22. The molecule has 0 unspecified atom stereocenters. The van der Waals surface area contributed by atoms with E-state index in [-0.39, 0.29) is 0 Å². The molecule has 1 aromatic rings. The quantitative estimate of drug-likeness (QED) is 0.631. The standard InChI is InChI=1S/C11H14N2/c1-8-3-2-4-9-10(8)12-7-11(13-9)5-6-11/h2-4,12-13H,5-7H2,1H3. The van der Waals surface area contributed by atoms with E-state index in [2.05, 4.69) is 35.8 Å². The normalized spacial score (nSPS) is 21.6. The first-order valence-electron chi connectivity index (χ1n) is 4.91. The van der Waals surface area contributed by atoms with Crippen LogP contribution in [0.3, 0.4) is 0 Å². The Bertz CT molecular complexity index is 353. The van der Waals surface area contributed by atoms with Crippen LogP contribution < -0.4 is 10.6 Å². The highest BCUT2D eigenvalue weighted by Gasteiger charge is 2.44. The van der Waals surface area contributed by atoms with Crippen LogP contribution in [0, 0.1) is 6.92 Å². The average molecular weight is 174 g/mol. The van der Waals surface area contributed by atoms with Crippen molar-refractivity contribution in [3.8, 4) is 0 Å². The van der Waals surface area contributed by atoms with Gasteiger partial charge >= 0.3 is 0 Å². The highest BCUT2D eigenvalue weighted by Crippen LogP contribution is 2.44. The van der Waals surface area contributed by atoms with Gasteiger partial charge in [-0.15, -0.1) is 0 Å². The number of benzene rings is 1. The van der Waals surface area contributed by atoms with Crippen LogP contribution in [0.4, 0.5) is 11.4 Å². The number of fused-ring (bicyclic) bond motifs is 1. The molecule has 1 heterocycles. The van der Waals surface area contributed by atoms with E-state index in [1.54, 1.807) is 0 Å². The van der Waals surface area contributed by atoms with Gasteiger partial charge in [0.05, 0.1) is 16.9 Å². The van der Waals surface area contributed by atoms with Crippen LogP contribution in [0.25, 0.3) is 0 Å². The largest absolute Gasteiger partial charge is 0.381 e. The summed E-state index contributed by atoms with van der Waals surface area (Å²) in [6.07, 6.45) is 2.63. The van der Waals surface area contributed by atoms with Gasteiger partial charge in [-0.1, -0.05) is 12.1 Å². The minimum Gasteiger partial charge on any atom is -0.381 e. The van der Waals surface area contributed by atoms with Gasteiger partial charge in [0, 0.05) is 6.54 Å². The maximum atomic E-state index is 3.63. The van der Waals surface area contributed by atoms with Crippen molar-refractivity contribution < 1.29 is 0 Å². The molecule has 2 heteroatoms. The van der Waals surface area contributed by atoms with Crippen LogP contribution in [0.2, 0.25) is 0 Å². The van der Waals surface area contributed by atoms with Gasteiger partial charge < -0.3 is 10.6 Å². The predicted molar refractivity (Wildman–Crippen MR) is 55.3 cm³/mol. The maximum Gasteiger partial charge on any atom is 0.0606 e. The van der Waals surface area contributed by atoms with Crippen molar-refractivity contribution in [1.29, 1.82) is 0 Å². The highest BCUT2D eigenvalue weighted by molar-refractivity contribution is 5.76. The molecule has 0 bridgehead atoms. The first kappa shape index (κ1) is 7.25. The third-order valence-corrected chi connectivity index (χ3v) is 3.13. The maximum absolute atomic E-state index is 3.63. The molecule has 1 fully saturated rings. The van der Waals surface area contributed by atoms with Crippen LogP contribution in [0.1, 0.15) is 18.4 Å². The molecule has 3 rings (SSSR count). The molecular formula is C11H14N2. The number of anilines is 2. The molecule has 1 spiro atoms. The molecule has 0 saturated heterocycles. The second-order valence-electron chi connectivity index (χ2n) is 4.26. The summed E-state index contributed by atoms with van der Waals surface area (Å²) in [5.41, 5.74) is 4.31. The molecule has 1 aliphatic carbocycles. The third kappa shape index (κ3) is 1.01. The lowest BCUT2D eigenvalue weighted by atomic mass is 10.1. The number of hydrogen-bond acceptors (Lipinski definition) is 2. The fourth-order valence-electron chi connectivity index (χ4n) is 2.05. The van der Waals surface area contributed by atoms with Crippen molar-refractivity contribution in [2.45, 2.75) is 25.3 Å². The topological polar surface area (TPSA) is 24.1 Å². The molecule has 0 atom stereocenters. The van der Waals surface area contributed by atoms with Crippen LogP contribution in [0.15, 0.2) is 18.2 Å². The lowest BCUT2D eigenvalue weighted by molar-refractivity contribution is 0.754. The second kappa shape index (κ2) is 2.19. The fraction of sp³-hybridized carbons (Fsp3) is 0.455. The van der Waals surface area contributed by atoms with Crippen LogP contribution in [-0.2, 0) is 0 Å². The molecule has 1 aromatic carbocycles. The van der Waals surface area contributed by atoms with Gasteiger partial charge in [-0.25, -0.2) is 0 Å². The Morgan fingerprint density at radius 3 is 2.92 bits per heavy atom. The van der Waals surface area contributed by atoms with Crippen molar-refractivity contribution in [2.24, 2.45) is 0 Å². The van der Waals surface area contributed by atoms with E-state index < -0.39 is 0 Å². The Balaban J connectivity index is 2.05. The van der Waals surface area contributed by atoms with Gasteiger partial charge in [0.1, 0.15) is 0 Å². The summed E-state index contributed by atoms with van der Waals surface area (Å²) in [5, 5.41) is 7.15. The summed E-state index contributed by atoms with van der Waals surface area (Å²) in [6.45, 7) is 3.24. The lowest BCUT2D eigenvalue weighted by Crippen LogP contribution is -2.35. The van der Waals surface area contributed by atoms with Crippen molar-refractivity contribution >= 4 is 11.4 Å². The summed E-state index contributed by atoms with van der Waals surface area (Å²) >= 11 is 0. The van der Waals surface area contributed by atoms with Crippen molar-refractivity contribution in [2.75, 3.05) is 17.2 Å². The zero-order chi connectivity index (χ0) is 8.89. The monoisotopic (exact) mass is 174 g/mol. The molecule has 0 radical (unpaired) electrons. The summed E-state index contributed by atoms with van der Waals surface area (Å²) in [4.78, 5) is 0. The number of para-hydroxylation sites is 1. The fourth-order valence-corrected chi connectivity index (χ4v) is 2.05. The predicted octanol–water partition coefficient (Wildman–Crippen LogP) is 2.37. The smallest absolute Gasteiger partial charge is 0.0606 e. The van der Waals surface area contributed by atoms with E-state index in [1.165, 1.54) is 29.8 Å². The SMILES string of the molecule is Cc1cccc2c1NCC1(CC1)N2. The minimum atomic E-state index is 0.404. The van der Waals surface area contributed by atoms with Gasteiger partial charge in [0.2, 0.25) is 0 Å². The van der Waals surface area contributed by atoms with Gasteiger partial charge in [0.25, 0.3) is 0 Å². The molecule has 2 N–H and O–H groups in total. The molecular weight excluding hydrogens is 160 g/mol. The van der Waals surface area contributed by atoms with Gasteiger partial charge in [-0.05, 0) is 31.4 Å². The molecule has 68 valence electrons. The molecule has 1 aliphatic heterocycles. The summed E-state index contributed by atoms with van der Waals surface area (Å²) in [7, 11) is 0. The van der Waals surface area contributed by atoms with E-state index in [0.29, 0.717) is 5.54 Å². The first-order valence-corrected chi connectivity index (χ1v) is 4.91. The molecule has 0 aromatic heterocycles. The van der Waals surface area contributed by atoms with E-state index in [0.717, 1.165) is 6.54 Å². The summed E-state index contributed by atoms with van der Waals surface area (Å²) < 4.78 is 0. The molecule has 0 amide bonds.